The Labute approximate surface area is 159 Å². The number of hydrogen-bond donors (Lipinski definition) is 1. The quantitative estimate of drug-likeness (QED) is 0.300. The van der Waals surface area contributed by atoms with Gasteiger partial charge in [-0.25, -0.2) is 4.98 Å². The number of nitrogens with one attached hydrogen (secondary N) is 1. The van der Waals surface area contributed by atoms with Crippen molar-refractivity contribution in [3.05, 3.63) is 82.1 Å². The molecule has 2 aromatic heterocycles. The summed E-state index contributed by atoms with van der Waals surface area (Å²) in [4.78, 5) is 21.0. The average Bonchev–Trinajstić information content (AvgIpc) is 3.03. The van der Waals surface area contributed by atoms with E-state index in [2.05, 4.69) is 11.6 Å². The van der Waals surface area contributed by atoms with Gasteiger partial charge in [-0.2, -0.15) is 0 Å². The summed E-state index contributed by atoms with van der Waals surface area (Å²) in [6, 6.07) is 15.5. The van der Waals surface area contributed by atoms with E-state index in [0.717, 1.165) is 16.5 Å². The second kappa shape index (κ2) is 7.02. The van der Waals surface area contributed by atoms with Crippen LogP contribution in [0.1, 0.15) is 5.56 Å². The first kappa shape index (κ1) is 16.9. The zero-order valence-electron chi connectivity index (χ0n) is 13.9. The largest absolute Gasteiger partial charge is 0.349 e. The third-order valence-corrected chi connectivity index (χ3v) is 5.60. The highest BCUT2D eigenvalue weighted by atomic mass is 35.5. The topological polar surface area (TPSA) is 50.7 Å². The molecule has 4 rings (SSSR count). The van der Waals surface area contributed by atoms with Crippen LogP contribution in [0.3, 0.4) is 0 Å². The molecule has 0 radical (unpaired) electrons. The third-order valence-electron chi connectivity index (χ3n) is 4.20. The highest BCUT2D eigenvalue weighted by molar-refractivity contribution is 7.98. The average molecular weight is 382 g/mol. The Bertz CT molecular complexity index is 1180. The number of hydrogen-bond acceptors (Lipinski definition) is 3. The molecule has 0 aliphatic heterocycles. The highest BCUT2D eigenvalue weighted by Crippen LogP contribution is 2.28. The van der Waals surface area contributed by atoms with Crippen molar-refractivity contribution < 1.29 is 0 Å². The fourth-order valence-electron chi connectivity index (χ4n) is 2.93. The molecule has 0 aliphatic rings. The molecule has 0 amide bonds. The Balaban J connectivity index is 1.85. The fraction of sp³-hybridized carbons (Fsp3) is 0.100. The van der Waals surface area contributed by atoms with Gasteiger partial charge < -0.3 is 4.98 Å². The van der Waals surface area contributed by atoms with E-state index in [1.807, 2.05) is 48.5 Å². The number of allylic oxidation sites excluding steroid dienone is 1. The van der Waals surface area contributed by atoms with Crippen molar-refractivity contribution in [1.82, 2.24) is 14.5 Å². The van der Waals surface area contributed by atoms with Gasteiger partial charge in [-0.05, 0) is 17.7 Å². The van der Waals surface area contributed by atoms with Gasteiger partial charge in [0.2, 0.25) is 0 Å². The lowest BCUT2D eigenvalue weighted by Crippen LogP contribution is -2.22. The maximum atomic E-state index is 13.0. The van der Waals surface area contributed by atoms with E-state index in [-0.39, 0.29) is 5.56 Å². The van der Waals surface area contributed by atoms with E-state index in [4.69, 9.17) is 16.6 Å². The number of aromatic nitrogens is 3. The predicted octanol–water partition coefficient (Wildman–Crippen LogP) is 5.01. The lowest BCUT2D eigenvalue weighted by atomic mass is 10.2. The maximum absolute atomic E-state index is 13.0. The molecule has 130 valence electrons. The van der Waals surface area contributed by atoms with Crippen molar-refractivity contribution in [2.75, 3.05) is 0 Å². The predicted molar refractivity (Wildman–Crippen MR) is 109 cm³/mol. The van der Waals surface area contributed by atoms with E-state index in [9.17, 15) is 4.79 Å². The van der Waals surface area contributed by atoms with Crippen LogP contribution in [-0.2, 0) is 12.3 Å². The summed E-state index contributed by atoms with van der Waals surface area (Å²) in [7, 11) is 0. The van der Waals surface area contributed by atoms with Crippen molar-refractivity contribution >= 4 is 45.3 Å². The zero-order chi connectivity index (χ0) is 18.1. The van der Waals surface area contributed by atoms with Crippen molar-refractivity contribution in [3.8, 4) is 0 Å². The minimum Gasteiger partial charge on any atom is -0.349 e. The monoisotopic (exact) mass is 381 g/mol. The standard InChI is InChI=1S/C20H16ClN3OS/c1-2-11-24-19(25)18-17(14-8-4-6-10-16(14)22-18)23-20(24)26-12-13-7-3-5-9-15(13)21/h2-10,22H,1,11-12H2. The molecule has 0 bridgehead atoms. The number of halogens is 1. The van der Waals surface area contributed by atoms with Gasteiger partial charge in [0.1, 0.15) is 11.0 Å². The van der Waals surface area contributed by atoms with Crippen molar-refractivity contribution in [2.45, 2.75) is 17.5 Å². The maximum Gasteiger partial charge on any atom is 0.278 e. The van der Waals surface area contributed by atoms with Crippen LogP contribution < -0.4 is 5.56 Å². The summed E-state index contributed by atoms with van der Waals surface area (Å²) >= 11 is 7.76. The lowest BCUT2D eigenvalue weighted by molar-refractivity contribution is 0.671. The van der Waals surface area contributed by atoms with Gasteiger partial charge in [-0.1, -0.05) is 65.8 Å². The summed E-state index contributed by atoms with van der Waals surface area (Å²) in [5, 5.41) is 2.32. The number of benzene rings is 2. The molecule has 4 nitrogen and oxygen atoms in total. The second-order valence-electron chi connectivity index (χ2n) is 5.87. The first-order valence-corrected chi connectivity index (χ1v) is 9.53. The zero-order valence-corrected chi connectivity index (χ0v) is 15.5. The van der Waals surface area contributed by atoms with Crippen LogP contribution in [0.15, 0.2) is 71.1 Å². The van der Waals surface area contributed by atoms with E-state index >= 15 is 0 Å². The van der Waals surface area contributed by atoms with Crippen molar-refractivity contribution in [1.29, 1.82) is 0 Å². The van der Waals surface area contributed by atoms with Gasteiger partial charge in [0.25, 0.3) is 5.56 Å². The van der Waals surface area contributed by atoms with Crippen LogP contribution in [0, 0.1) is 0 Å². The first-order valence-electron chi connectivity index (χ1n) is 8.17. The Morgan fingerprint density at radius 1 is 1.19 bits per heavy atom. The van der Waals surface area contributed by atoms with E-state index in [1.54, 1.807) is 10.6 Å². The molecule has 0 saturated carbocycles. The molecule has 4 aromatic rings. The lowest BCUT2D eigenvalue weighted by Gasteiger charge is -2.10. The number of rotatable bonds is 5. The fourth-order valence-corrected chi connectivity index (χ4v) is 4.22. The van der Waals surface area contributed by atoms with Gasteiger partial charge in [0, 0.05) is 28.2 Å². The van der Waals surface area contributed by atoms with Crippen LogP contribution >= 0.6 is 23.4 Å². The second-order valence-corrected chi connectivity index (χ2v) is 7.22. The molecule has 0 atom stereocenters. The van der Waals surface area contributed by atoms with Crippen molar-refractivity contribution in [2.24, 2.45) is 0 Å². The molecule has 6 heteroatoms. The van der Waals surface area contributed by atoms with Crippen LogP contribution in [-0.4, -0.2) is 14.5 Å². The summed E-state index contributed by atoms with van der Waals surface area (Å²) in [6.07, 6.45) is 1.71. The third kappa shape index (κ3) is 2.93. The summed E-state index contributed by atoms with van der Waals surface area (Å²) in [5.74, 6) is 0.636. The molecular weight excluding hydrogens is 366 g/mol. The Morgan fingerprint density at radius 2 is 1.96 bits per heavy atom. The van der Waals surface area contributed by atoms with Gasteiger partial charge >= 0.3 is 0 Å². The van der Waals surface area contributed by atoms with E-state index in [1.165, 1.54) is 11.8 Å². The van der Waals surface area contributed by atoms with E-state index in [0.29, 0.717) is 33.5 Å². The Morgan fingerprint density at radius 3 is 2.77 bits per heavy atom. The Kier molecular flexibility index (Phi) is 4.57. The number of nitrogens with zero attached hydrogens (tertiary/aromatic N) is 2. The number of aromatic amines is 1. The SMILES string of the molecule is C=CCn1c(SCc2ccccc2Cl)nc2c([nH]c3ccccc32)c1=O. The molecule has 0 saturated heterocycles. The molecule has 1 N–H and O–H groups in total. The molecule has 0 aliphatic carbocycles. The molecule has 0 spiro atoms. The molecular formula is C20H16ClN3OS. The molecule has 0 fully saturated rings. The smallest absolute Gasteiger partial charge is 0.278 e. The molecule has 0 unspecified atom stereocenters. The van der Waals surface area contributed by atoms with Crippen LogP contribution in [0.4, 0.5) is 0 Å². The number of thioether (sulfide) groups is 1. The molecule has 2 aromatic carbocycles. The minimum absolute atomic E-state index is 0.0900. The van der Waals surface area contributed by atoms with Gasteiger partial charge in [-0.15, -0.1) is 6.58 Å². The minimum atomic E-state index is -0.0900. The van der Waals surface area contributed by atoms with Gasteiger partial charge in [-0.3, -0.25) is 9.36 Å². The van der Waals surface area contributed by atoms with E-state index < -0.39 is 0 Å². The molecule has 26 heavy (non-hydrogen) atoms. The number of fused-ring (bicyclic) bond motifs is 3. The van der Waals surface area contributed by atoms with Crippen LogP contribution in [0.25, 0.3) is 21.9 Å². The van der Waals surface area contributed by atoms with Gasteiger partial charge in [0.15, 0.2) is 5.16 Å². The normalized spacial score (nSPS) is 11.3. The summed E-state index contributed by atoms with van der Waals surface area (Å²) in [6.45, 7) is 4.17. The number of H-pyrrole nitrogens is 1. The van der Waals surface area contributed by atoms with Gasteiger partial charge in [0.05, 0.1) is 0 Å². The van der Waals surface area contributed by atoms with Crippen LogP contribution in [0.5, 0.6) is 0 Å². The summed E-state index contributed by atoms with van der Waals surface area (Å²) < 4.78 is 1.65. The molecule has 2 heterocycles. The Hall–Kier alpha value is -2.50. The van der Waals surface area contributed by atoms with Crippen molar-refractivity contribution in [3.63, 3.8) is 0 Å². The van der Waals surface area contributed by atoms with Crippen LogP contribution in [0.2, 0.25) is 5.02 Å². The first-order chi connectivity index (χ1) is 12.7. The summed E-state index contributed by atoms with van der Waals surface area (Å²) in [5.41, 5.74) is 3.05. The number of para-hydroxylation sites is 1. The highest BCUT2D eigenvalue weighted by Gasteiger charge is 2.15.